The van der Waals surface area contributed by atoms with E-state index in [-0.39, 0.29) is 43.7 Å². The lowest BCUT2D eigenvalue weighted by Crippen LogP contribution is -2.53. The molecule has 0 aromatic heterocycles. The number of carbonyl (C=O) groups excluding carboxylic acids is 4. The van der Waals surface area contributed by atoms with Crippen LogP contribution in [0.25, 0.3) is 0 Å². The summed E-state index contributed by atoms with van der Waals surface area (Å²) in [7, 11) is 1.19. The Balaban J connectivity index is 3.15. The molecule has 0 aliphatic heterocycles. The Kier molecular flexibility index (Phi) is 14.7. The lowest BCUT2D eigenvalue weighted by Gasteiger charge is -2.29. The Bertz CT molecular complexity index is 952. The van der Waals surface area contributed by atoms with Gasteiger partial charge in [-0.3, -0.25) is 4.79 Å². The number of esters is 1. The van der Waals surface area contributed by atoms with Crippen LogP contribution in [0.1, 0.15) is 72.3 Å². The average Bonchev–Trinajstić information content (AvgIpc) is 2.86. The molecule has 12 heteroatoms. The minimum atomic E-state index is -1.63. The van der Waals surface area contributed by atoms with Crippen LogP contribution in [0, 0.1) is 0 Å². The Hall–Kier alpha value is -3.54. The van der Waals surface area contributed by atoms with E-state index in [4.69, 9.17) is 38.9 Å². The number of benzene rings is 1. The third-order valence-corrected chi connectivity index (χ3v) is 5.30. The molecule has 39 heavy (non-hydrogen) atoms. The molecule has 1 rings (SSSR count). The number of methoxy groups -OCH3 is 1. The van der Waals surface area contributed by atoms with Crippen LogP contribution in [-0.2, 0) is 34.9 Å². The van der Waals surface area contributed by atoms with E-state index in [9.17, 15) is 19.2 Å². The molecule has 1 unspecified atom stereocenters. The van der Waals surface area contributed by atoms with Gasteiger partial charge < -0.3 is 38.9 Å². The lowest BCUT2D eigenvalue weighted by atomic mass is 9.86. The molecule has 12 nitrogen and oxygen atoms in total. The predicted molar refractivity (Wildman–Crippen MR) is 140 cm³/mol. The van der Waals surface area contributed by atoms with Crippen molar-refractivity contribution in [2.75, 3.05) is 20.3 Å². The van der Waals surface area contributed by atoms with E-state index < -0.39 is 36.1 Å². The van der Waals surface area contributed by atoms with Gasteiger partial charge in [-0.05, 0) is 50.8 Å². The fourth-order valence-corrected chi connectivity index (χ4v) is 3.61. The Morgan fingerprint density at radius 1 is 0.821 bits per heavy atom. The van der Waals surface area contributed by atoms with E-state index in [1.807, 2.05) is 20.8 Å². The Labute approximate surface area is 229 Å². The van der Waals surface area contributed by atoms with Gasteiger partial charge in [-0.25, -0.2) is 14.4 Å². The van der Waals surface area contributed by atoms with E-state index in [1.165, 1.54) is 25.3 Å². The van der Waals surface area contributed by atoms with Gasteiger partial charge >= 0.3 is 24.4 Å². The molecule has 0 heterocycles. The second-order valence-electron chi connectivity index (χ2n) is 9.11. The molecule has 3 atom stereocenters. The van der Waals surface area contributed by atoms with Gasteiger partial charge in [-0.2, -0.15) is 0 Å². The largest absolute Gasteiger partial charge is 0.513 e. The molecular weight excluding hydrogens is 514 g/mol. The van der Waals surface area contributed by atoms with Gasteiger partial charge in [0.1, 0.15) is 17.7 Å². The maximum atomic E-state index is 12.7. The highest BCUT2D eigenvalue weighted by atomic mass is 16.7. The van der Waals surface area contributed by atoms with Crippen LogP contribution in [0.2, 0.25) is 0 Å². The molecule has 1 aromatic rings. The van der Waals surface area contributed by atoms with Gasteiger partial charge in [0.25, 0.3) is 0 Å². The third-order valence-electron chi connectivity index (χ3n) is 5.30. The van der Waals surface area contributed by atoms with Crippen LogP contribution in [0.5, 0.6) is 11.5 Å². The van der Waals surface area contributed by atoms with Gasteiger partial charge in [-0.1, -0.05) is 33.3 Å². The summed E-state index contributed by atoms with van der Waals surface area (Å²) < 4.78 is 35.7. The summed E-state index contributed by atoms with van der Waals surface area (Å²) in [4.78, 5) is 48.9. The molecule has 0 amide bonds. The number of nitrogens with two attached hydrogens (primary N) is 1. The summed E-state index contributed by atoms with van der Waals surface area (Å²) in [5, 5.41) is 0. The number of hydrogen-bond donors (Lipinski definition) is 1. The fraction of sp³-hybridized carbons (Fsp3) is 0.630. The zero-order chi connectivity index (χ0) is 29.4. The second-order valence-corrected chi connectivity index (χ2v) is 9.11. The van der Waals surface area contributed by atoms with Crippen molar-refractivity contribution in [3.8, 4) is 11.5 Å². The molecule has 0 saturated carbocycles. The van der Waals surface area contributed by atoms with Gasteiger partial charge in [0.2, 0.25) is 0 Å². The monoisotopic (exact) mass is 555 g/mol. The summed E-state index contributed by atoms with van der Waals surface area (Å²) >= 11 is 0. The molecule has 0 aliphatic carbocycles. The topological polar surface area (TPSA) is 159 Å². The highest BCUT2D eigenvalue weighted by Gasteiger charge is 2.38. The van der Waals surface area contributed by atoms with Crippen LogP contribution < -0.4 is 15.2 Å². The summed E-state index contributed by atoms with van der Waals surface area (Å²) in [5.74, 6) is -0.999. The third kappa shape index (κ3) is 12.2. The van der Waals surface area contributed by atoms with Crippen molar-refractivity contribution in [3.05, 3.63) is 23.8 Å². The molecule has 0 aliphatic rings. The highest BCUT2D eigenvalue weighted by molar-refractivity contribution is 5.81. The lowest BCUT2D eigenvalue weighted by molar-refractivity contribution is -0.148. The zero-order valence-corrected chi connectivity index (χ0v) is 23.6. The first-order valence-corrected chi connectivity index (χ1v) is 13.0. The van der Waals surface area contributed by atoms with Gasteiger partial charge in [0.05, 0.1) is 20.3 Å². The Morgan fingerprint density at radius 2 is 1.38 bits per heavy atom. The van der Waals surface area contributed by atoms with Crippen molar-refractivity contribution < 1.29 is 52.3 Å². The Morgan fingerprint density at radius 3 is 1.92 bits per heavy atom. The minimum Gasteiger partial charge on any atom is -0.468 e. The van der Waals surface area contributed by atoms with Gasteiger partial charge in [0, 0.05) is 12.8 Å². The van der Waals surface area contributed by atoms with Crippen molar-refractivity contribution in [2.45, 2.75) is 90.9 Å². The van der Waals surface area contributed by atoms with Crippen LogP contribution in [0.3, 0.4) is 0 Å². The molecule has 2 N–H and O–H groups in total. The van der Waals surface area contributed by atoms with Gasteiger partial charge in [-0.15, -0.1) is 0 Å². The second kappa shape index (κ2) is 17.1. The minimum absolute atomic E-state index is 0.102. The van der Waals surface area contributed by atoms with Crippen molar-refractivity contribution in [1.82, 2.24) is 0 Å². The number of carbonyl (C=O) groups is 4. The maximum Gasteiger partial charge on any atom is 0.513 e. The standard InChI is InChI=1S/C27H41NO11/c1-7-10-18(4)36-26(32)37-19(5)16-27(28,23(29)33-6)17-20-11-12-21(38-24(30)34-13-8-2)22(15-20)39-25(31)35-14-9-3/h11-12,15,18-19H,7-10,13-14,16-17,28H2,1-6H3/t18-,19-,27?/m0/s1. The molecule has 0 bridgehead atoms. The molecule has 1 aromatic carbocycles. The zero-order valence-electron chi connectivity index (χ0n) is 23.6. The van der Waals surface area contributed by atoms with Crippen LogP contribution in [-0.4, -0.2) is 62.5 Å². The highest BCUT2D eigenvalue weighted by Crippen LogP contribution is 2.31. The van der Waals surface area contributed by atoms with Crippen LogP contribution in [0.15, 0.2) is 18.2 Å². The normalized spacial score (nSPS) is 13.7. The molecular formula is C27H41NO11. The first kappa shape index (κ1) is 33.5. The fourth-order valence-electron chi connectivity index (χ4n) is 3.61. The summed E-state index contributed by atoms with van der Waals surface area (Å²) in [5.41, 5.74) is 5.26. The van der Waals surface area contributed by atoms with Crippen molar-refractivity contribution in [2.24, 2.45) is 5.73 Å². The number of hydrogen-bond acceptors (Lipinski definition) is 12. The average molecular weight is 556 g/mol. The molecule has 0 saturated heterocycles. The van der Waals surface area contributed by atoms with Crippen LogP contribution >= 0.6 is 0 Å². The van der Waals surface area contributed by atoms with E-state index >= 15 is 0 Å². The first-order chi connectivity index (χ1) is 18.5. The van der Waals surface area contributed by atoms with E-state index in [1.54, 1.807) is 13.8 Å². The summed E-state index contributed by atoms with van der Waals surface area (Å²) in [6.07, 6.45) is -1.51. The molecule has 0 radical (unpaired) electrons. The van der Waals surface area contributed by atoms with E-state index in [2.05, 4.69) is 0 Å². The SMILES string of the molecule is CCCOC(=O)Oc1ccc(CC(N)(C[C@H](C)OC(=O)O[C@@H](C)CCC)C(=O)OC)cc1OC(=O)OCCC. The van der Waals surface area contributed by atoms with Crippen molar-refractivity contribution >= 4 is 24.4 Å². The van der Waals surface area contributed by atoms with E-state index in [0.29, 0.717) is 24.8 Å². The number of rotatable bonds is 15. The molecule has 0 spiro atoms. The van der Waals surface area contributed by atoms with Crippen molar-refractivity contribution in [1.29, 1.82) is 0 Å². The quantitative estimate of drug-likeness (QED) is 0.174. The van der Waals surface area contributed by atoms with Crippen LogP contribution in [0.4, 0.5) is 14.4 Å². The molecule has 220 valence electrons. The van der Waals surface area contributed by atoms with Gasteiger partial charge in [0.15, 0.2) is 11.5 Å². The molecule has 0 fully saturated rings. The maximum absolute atomic E-state index is 12.7. The first-order valence-electron chi connectivity index (χ1n) is 13.0. The smallest absolute Gasteiger partial charge is 0.468 e. The number of ether oxygens (including phenoxy) is 7. The predicted octanol–water partition coefficient (Wildman–Crippen LogP) is 5.07. The van der Waals surface area contributed by atoms with Crippen molar-refractivity contribution in [3.63, 3.8) is 0 Å². The summed E-state index contributed by atoms with van der Waals surface area (Å²) in [6.45, 7) is 9.21. The van der Waals surface area contributed by atoms with E-state index in [0.717, 1.165) is 6.42 Å². The summed E-state index contributed by atoms with van der Waals surface area (Å²) in [6, 6.07) is 4.28.